The molecule has 0 saturated heterocycles. The molecule has 0 bridgehead atoms. The van der Waals surface area contributed by atoms with E-state index in [1.54, 1.807) is 6.07 Å². The zero-order valence-corrected chi connectivity index (χ0v) is 9.27. The van der Waals surface area contributed by atoms with Crippen LogP contribution < -0.4 is 17.2 Å². The fourth-order valence-corrected chi connectivity index (χ4v) is 1.77. The smallest absolute Gasteiger partial charge is 0.0650 e. The van der Waals surface area contributed by atoms with Gasteiger partial charge in [0.05, 0.1) is 10.7 Å². The molecule has 6 N–H and O–H groups in total. The summed E-state index contributed by atoms with van der Waals surface area (Å²) in [5.74, 6) is 0. The first-order valence-electron chi connectivity index (χ1n) is 3.76. The number of nitrogen functional groups attached to an aromatic ring is 1. The van der Waals surface area contributed by atoms with Gasteiger partial charge in [-0.3, -0.25) is 0 Å². The molecule has 0 aliphatic heterocycles. The number of benzene rings is 1. The van der Waals surface area contributed by atoms with Gasteiger partial charge in [0.2, 0.25) is 0 Å². The summed E-state index contributed by atoms with van der Waals surface area (Å²) in [7, 11) is 0. The molecule has 1 unspecified atom stereocenters. The van der Waals surface area contributed by atoms with Gasteiger partial charge in [-0.2, -0.15) is 0 Å². The summed E-state index contributed by atoms with van der Waals surface area (Å²) >= 11 is 9.16. The number of nitrogens with two attached hydrogens (primary N) is 3. The molecule has 72 valence electrons. The summed E-state index contributed by atoms with van der Waals surface area (Å²) in [5.41, 5.74) is 18.2. The van der Waals surface area contributed by atoms with Crippen LogP contribution in [0.1, 0.15) is 11.6 Å². The topological polar surface area (TPSA) is 78.1 Å². The number of hydrogen-bond donors (Lipinski definition) is 3. The van der Waals surface area contributed by atoms with Gasteiger partial charge in [-0.1, -0.05) is 11.6 Å². The van der Waals surface area contributed by atoms with Crippen molar-refractivity contribution in [2.75, 3.05) is 12.3 Å². The molecule has 0 amide bonds. The van der Waals surface area contributed by atoms with Crippen LogP contribution in [0.2, 0.25) is 5.02 Å². The van der Waals surface area contributed by atoms with Crippen LogP contribution in [0, 0.1) is 0 Å². The molecule has 0 radical (unpaired) electrons. The normalized spacial score (nSPS) is 12.9. The summed E-state index contributed by atoms with van der Waals surface area (Å²) in [6, 6.07) is 3.37. The van der Waals surface area contributed by atoms with Gasteiger partial charge >= 0.3 is 0 Å². The molecule has 0 spiro atoms. The summed E-state index contributed by atoms with van der Waals surface area (Å²) in [6.07, 6.45) is 0. The van der Waals surface area contributed by atoms with Gasteiger partial charge in [0, 0.05) is 17.1 Å². The highest BCUT2D eigenvalue weighted by Crippen LogP contribution is 2.30. The molecule has 0 heterocycles. The average Bonchev–Trinajstić information content (AvgIpc) is 2.12. The van der Waals surface area contributed by atoms with Crippen molar-refractivity contribution in [1.82, 2.24) is 0 Å². The van der Waals surface area contributed by atoms with E-state index in [4.69, 9.17) is 28.8 Å². The largest absolute Gasteiger partial charge is 0.397 e. The minimum Gasteiger partial charge on any atom is -0.397 e. The Balaban J connectivity index is 3.13. The second-order valence-electron chi connectivity index (χ2n) is 2.74. The van der Waals surface area contributed by atoms with Crippen molar-refractivity contribution in [2.24, 2.45) is 11.5 Å². The molecule has 0 aliphatic rings. The van der Waals surface area contributed by atoms with Gasteiger partial charge < -0.3 is 17.2 Å². The first-order chi connectivity index (χ1) is 6.06. The Bertz CT molecular complexity index is 293. The highest BCUT2D eigenvalue weighted by atomic mass is 79.9. The number of anilines is 1. The third kappa shape index (κ3) is 2.34. The van der Waals surface area contributed by atoms with Crippen LogP contribution in [0.25, 0.3) is 0 Å². The van der Waals surface area contributed by atoms with Crippen molar-refractivity contribution in [3.63, 3.8) is 0 Å². The summed E-state index contributed by atoms with van der Waals surface area (Å²) in [5, 5.41) is 0.494. The van der Waals surface area contributed by atoms with Crippen LogP contribution in [0.15, 0.2) is 16.6 Å². The fraction of sp³-hybridized carbons (Fsp3) is 0.250. The van der Waals surface area contributed by atoms with E-state index in [1.165, 1.54) is 0 Å². The predicted molar refractivity (Wildman–Crippen MR) is 59.5 cm³/mol. The molecule has 0 aromatic heterocycles. The van der Waals surface area contributed by atoms with E-state index in [-0.39, 0.29) is 6.04 Å². The molecule has 5 heteroatoms. The zero-order chi connectivity index (χ0) is 10.0. The van der Waals surface area contributed by atoms with Crippen LogP contribution in [0.3, 0.4) is 0 Å². The first kappa shape index (κ1) is 10.8. The second-order valence-corrected chi connectivity index (χ2v) is 4.00. The molecular weight excluding hydrogens is 253 g/mol. The standard InChI is InChI=1S/C8H11BrClN3/c9-5-1-4(7(12)3-11)2-6(10)8(5)13/h1-2,7H,3,11-13H2. The van der Waals surface area contributed by atoms with Crippen molar-refractivity contribution in [3.8, 4) is 0 Å². The lowest BCUT2D eigenvalue weighted by Crippen LogP contribution is -2.20. The van der Waals surface area contributed by atoms with Crippen molar-refractivity contribution in [2.45, 2.75) is 6.04 Å². The van der Waals surface area contributed by atoms with Crippen molar-refractivity contribution in [1.29, 1.82) is 0 Å². The van der Waals surface area contributed by atoms with Crippen molar-refractivity contribution in [3.05, 3.63) is 27.2 Å². The Morgan fingerprint density at radius 2 is 2.08 bits per heavy atom. The fourth-order valence-electron chi connectivity index (χ4n) is 0.954. The molecule has 1 rings (SSSR count). The number of rotatable bonds is 2. The summed E-state index contributed by atoms with van der Waals surface area (Å²) < 4.78 is 0.749. The van der Waals surface area contributed by atoms with Gasteiger partial charge in [0.25, 0.3) is 0 Å². The lowest BCUT2D eigenvalue weighted by Gasteiger charge is -2.11. The van der Waals surface area contributed by atoms with Gasteiger partial charge in [-0.15, -0.1) is 0 Å². The number of hydrogen-bond acceptors (Lipinski definition) is 3. The molecule has 1 aromatic carbocycles. The maximum absolute atomic E-state index is 5.87. The molecule has 1 aromatic rings. The Morgan fingerprint density at radius 1 is 1.46 bits per heavy atom. The van der Waals surface area contributed by atoms with Gasteiger partial charge in [-0.25, -0.2) is 0 Å². The van der Waals surface area contributed by atoms with E-state index in [0.717, 1.165) is 10.0 Å². The van der Waals surface area contributed by atoms with Crippen LogP contribution in [-0.4, -0.2) is 6.54 Å². The van der Waals surface area contributed by atoms with Crippen LogP contribution in [0.5, 0.6) is 0 Å². The van der Waals surface area contributed by atoms with E-state index in [1.807, 2.05) is 6.07 Å². The van der Waals surface area contributed by atoms with E-state index in [9.17, 15) is 0 Å². The average molecular weight is 265 g/mol. The number of halogens is 2. The minimum absolute atomic E-state index is 0.200. The van der Waals surface area contributed by atoms with Crippen molar-refractivity contribution < 1.29 is 0 Å². The third-order valence-corrected chi connectivity index (χ3v) is 2.75. The quantitative estimate of drug-likeness (QED) is 0.711. The molecule has 0 fully saturated rings. The van der Waals surface area contributed by atoms with Crippen LogP contribution >= 0.6 is 27.5 Å². The van der Waals surface area contributed by atoms with Gasteiger partial charge in [0.1, 0.15) is 0 Å². The highest BCUT2D eigenvalue weighted by molar-refractivity contribution is 9.10. The Hall–Kier alpha value is -0.290. The van der Waals surface area contributed by atoms with Crippen LogP contribution in [-0.2, 0) is 0 Å². The van der Waals surface area contributed by atoms with Crippen LogP contribution in [0.4, 0.5) is 5.69 Å². The van der Waals surface area contributed by atoms with E-state index in [2.05, 4.69) is 15.9 Å². The predicted octanol–water partition coefficient (Wildman–Crippen LogP) is 1.64. The maximum Gasteiger partial charge on any atom is 0.0650 e. The maximum atomic E-state index is 5.87. The Kier molecular flexibility index (Phi) is 3.55. The Labute approximate surface area is 90.4 Å². The molecular formula is C8H11BrClN3. The minimum atomic E-state index is -0.200. The van der Waals surface area contributed by atoms with E-state index >= 15 is 0 Å². The summed E-state index contributed by atoms with van der Waals surface area (Å²) in [4.78, 5) is 0. The van der Waals surface area contributed by atoms with E-state index in [0.29, 0.717) is 17.3 Å². The van der Waals surface area contributed by atoms with Gasteiger partial charge in [0.15, 0.2) is 0 Å². The van der Waals surface area contributed by atoms with Crippen molar-refractivity contribution >= 4 is 33.2 Å². The molecule has 0 saturated carbocycles. The van der Waals surface area contributed by atoms with E-state index < -0.39 is 0 Å². The lowest BCUT2D eigenvalue weighted by molar-refractivity contribution is 0.737. The molecule has 1 atom stereocenters. The SMILES string of the molecule is NCC(N)c1cc(Cl)c(N)c(Br)c1. The first-order valence-corrected chi connectivity index (χ1v) is 4.93. The van der Waals surface area contributed by atoms with Gasteiger partial charge in [-0.05, 0) is 33.6 Å². The molecule has 3 nitrogen and oxygen atoms in total. The summed E-state index contributed by atoms with van der Waals surface area (Å²) in [6.45, 7) is 0.382. The molecule has 13 heavy (non-hydrogen) atoms. The third-order valence-electron chi connectivity index (χ3n) is 1.78. The monoisotopic (exact) mass is 263 g/mol. The second kappa shape index (κ2) is 4.28. The zero-order valence-electron chi connectivity index (χ0n) is 6.93. The Morgan fingerprint density at radius 3 is 2.54 bits per heavy atom. The lowest BCUT2D eigenvalue weighted by atomic mass is 10.1. The highest BCUT2D eigenvalue weighted by Gasteiger charge is 2.08. The molecule has 0 aliphatic carbocycles.